The SMILES string of the molecule is O=[N+]([O-])c1ccc(Cl)c(S(=O)(=O)NCCI)c1. The van der Waals surface area contributed by atoms with Crippen LogP contribution in [0.15, 0.2) is 23.1 Å². The summed E-state index contributed by atoms with van der Waals surface area (Å²) in [5, 5.41) is 10.5. The van der Waals surface area contributed by atoms with Crippen molar-refractivity contribution in [2.45, 2.75) is 4.90 Å². The molecule has 17 heavy (non-hydrogen) atoms. The van der Waals surface area contributed by atoms with Crippen molar-refractivity contribution in [3.05, 3.63) is 33.3 Å². The van der Waals surface area contributed by atoms with Gasteiger partial charge in [-0.1, -0.05) is 34.2 Å². The quantitative estimate of drug-likeness (QED) is 0.360. The fraction of sp³-hybridized carbons (Fsp3) is 0.250. The number of benzene rings is 1. The fourth-order valence-corrected chi connectivity index (χ4v) is 3.25. The van der Waals surface area contributed by atoms with E-state index in [-0.39, 0.29) is 22.2 Å². The number of nitrogens with one attached hydrogen (secondary N) is 1. The van der Waals surface area contributed by atoms with E-state index in [0.29, 0.717) is 4.43 Å². The summed E-state index contributed by atoms with van der Waals surface area (Å²) < 4.78 is 26.4. The van der Waals surface area contributed by atoms with Crippen LogP contribution < -0.4 is 4.72 Å². The van der Waals surface area contributed by atoms with Crippen LogP contribution in [0.5, 0.6) is 0 Å². The molecule has 0 bridgehead atoms. The van der Waals surface area contributed by atoms with Crippen molar-refractivity contribution in [2.75, 3.05) is 11.0 Å². The zero-order chi connectivity index (χ0) is 13.1. The van der Waals surface area contributed by atoms with Crippen LogP contribution in [-0.2, 0) is 10.0 Å². The Morgan fingerprint density at radius 1 is 1.47 bits per heavy atom. The molecule has 1 aromatic rings. The lowest BCUT2D eigenvalue weighted by Crippen LogP contribution is -2.25. The largest absolute Gasteiger partial charge is 0.270 e. The normalized spacial score (nSPS) is 11.4. The van der Waals surface area contributed by atoms with Crippen LogP contribution in [0.3, 0.4) is 0 Å². The molecule has 0 saturated carbocycles. The summed E-state index contributed by atoms with van der Waals surface area (Å²) in [4.78, 5) is 9.60. The van der Waals surface area contributed by atoms with Crippen molar-refractivity contribution in [1.29, 1.82) is 0 Å². The third-order valence-corrected chi connectivity index (χ3v) is 4.28. The van der Waals surface area contributed by atoms with Gasteiger partial charge in [-0.3, -0.25) is 10.1 Å². The van der Waals surface area contributed by atoms with Crippen molar-refractivity contribution < 1.29 is 13.3 Å². The van der Waals surface area contributed by atoms with Gasteiger partial charge in [0.25, 0.3) is 5.69 Å². The molecule has 94 valence electrons. The van der Waals surface area contributed by atoms with E-state index < -0.39 is 14.9 Å². The molecule has 9 heteroatoms. The minimum absolute atomic E-state index is 0.0449. The molecule has 0 aliphatic carbocycles. The number of nitro groups is 1. The molecule has 0 fully saturated rings. The third kappa shape index (κ3) is 3.76. The van der Waals surface area contributed by atoms with Gasteiger partial charge in [0.1, 0.15) is 4.90 Å². The molecule has 0 amide bonds. The van der Waals surface area contributed by atoms with Gasteiger partial charge in [-0.15, -0.1) is 0 Å². The molecule has 0 heterocycles. The number of non-ortho nitro benzene ring substituents is 1. The lowest BCUT2D eigenvalue weighted by molar-refractivity contribution is -0.385. The van der Waals surface area contributed by atoms with Gasteiger partial charge in [-0.25, -0.2) is 13.1 Å². The molecule has 0 aliphatic heterocycles. The van der Waals surface area contributed by atoms with Crippen LogP contribution >= 0.6 is 34.2 Å². The number of nitrogens with zero attached hydrogens (tertiary/aromatic N) is 1. The van der Waals surface area contributed by atoms with Crippen LogP contribution in [0.4, 0.5) is 5.69 Å². The second-order valence-electron chi connectivity index (χ2n) is 2.96. The molecule has 1 N–H and O–H groups in total. The molecule has 1 rings (SSSR count). The number of hydrogen-bond acceptors (Lipinski definition) is 4. The zero-order valence-corrected chi connectivity index (χ0v) is 12.1. The molecule has 0 saturated heterocycles. The number of nitro benzene ring substituents is 1. The van der Waals surface area contributed by atoms with Gasteiger partial charge in [-0.05, 0) is 6.07 Å². The van der Waals surface area contributed by atoms with Crippen LogP contribution in [0.1, 0.15) is 0 Å². The summed E-state index contributed by atoms with van der Waals surface area (Å²) in [5.41, 5.74) is -0.316. The maximum Gasteiger partial charge on any atom is 0.270 e. The Morgan fingerprint density at radius 2 is 2.12 bits per heavy atom. The highest BCUT2D eigenvalue weighted by molar-refractivity contribution is 14.1. The average molecular weight is 391 g/mol. The van der Waals surface area contributed by atoms with Crippen LogP contribution in [-0.4, -0.2) is 24.3 Å². The van der Waals surface area contributed by atoms with Crippen LogP contribution in [0.25, 0.3) is 0 Å². The molecule has 0 unspecified atom stereocenters. The predicted molar refractivity (Wildman–Crippen MR) is 72.2 cm³/mol. The molecular formula is C8H8ClIN2O4S. The minimum Gasteiger partial charge on any atom is -0.258 e. The number of halogens is 2. The molecule has 0 atom stereocenters. The summed E-state index contributed by atoms with van der Waals surface area (Å²) >= 11 is 7.73. The highest BCUT2D eigenvalue weighted by Crippen LogP contribution is 2.25. The molecule has 1 aromatic carbocycles. The molecule has 0 aliphatic rings. The van der Waals surface area contributed by atoms with Crippen molar-refractivity contribution in [2.24, 2.45) is 0 Å². The number of sulfonamides is 1. The van der Waals surface area contributed by atoms with Crippen molar-refractivity contribution >= 4 is 49.9 Å². The van der Waals surface area contributed by atoms with E-state index in [9.17, 15) is 18.5 Å². The van der Waals surface area contributed by atoms with E-state index in [1.807, 2.05) is 22.6 Å². The first kappa shape index (κ1) is 14.6. The van der Waals surface area contributed by atoms with Gasteiger partial charge in [0.15, 0.2) is 0 Å². The van der Waals surface area contributed by atoms with Gasteiger partial charge in [0, 0.05) is 23.1 Å². The second-order valence-corrected chi connectivity index (χ2v) is 6.18. The highest BCUT2D eigenvalue weighted by atomic mass is 127. The molecule has 6 nitrogen and oxygen atoms in total. The Bertz CT molecular complexity index is 534. The second kappa shape index (κ2) is 5.94. The minimum atomic E-state index is -3.80. The standard InChI is InChI=1S/C8H8ClIN2O4S/c9-7-2-1-6(12(13)14)5-8(7)17(15,16)11-4-3-10/h1-2,5,11H,3-4H2. The summed E-state index contributed by atoms with van der Waals surface area (Å²) in [7, 11) is -3.80. The Kier molecular flexibility index (Phi) is 5.10. The third-order valence-electron chi connectivity index (χ3n) is 1.80. The summed E-state index contributed by atoms with van der Waals surface area (Å²) in [6, 6.07) is 3.29. The summed E-state index contributed by atoms with van der Waals surface area (Å²) in [6.45, 7) is 0.238. The first-order valence-electron chi connectivity index (χ1n) is 4.38. The Morgan fingerprint density at radius 3 is 2.65 bits per heavy atom. The molecule has 0 aromatic heterocycles. The fourth-order valence-electron chi connectivity index (χ4n) is 1.06. The van der Waals surface area contributed by atoms with E-state index in [0.717, 1.165) is 12.1 Å². The summed E-state index contributed by atoms with van der Waals surface area (Å²) in [6.07, 6.45) is 0. The van der Waals surface area contributed by atoms with Gasteiger partial charge in [0.05, 0.1) is 9.95 Å². The summed E-state index contributed by atoms with van der Waals surface area (Å²) in [5.74, 6) is 0. The van der Waals surface area contributed by atoms with Crippen LogP contribution in [0.2, 0.25) is 5.02 Å². The predicted octanol–water partition coefficient (Wildman–Crippen LogP) is 1.96. The maximum atomic E-state index is 11.8. The lowest BCUT2D eigenvalue weighted by Gasteiger charge is -2.06. The van der Waals surface area contributed by atoms with E-state index in [1.165, 1.54) is 6.07 Å². The topological polar surface area (TPSA) is 89.3 Å². The Labute approximate surface area is 117 Å². The first-order valence-corrected chi connectivity index (χ1v) is 7.76. The molecular weight excluding hydrogens is 383 g/mol. The Hall–Kier alpha value is -0.450. The average Bonchev–Trinajstić information content (AvgIpc) is 2.26. The number of hydrogen-bond donors (Lipinski definition) is 1. The lowest BCUT2D eigenvalue weighted by atomic mass is 10.3. The molecule has 0 radical (unpaired) electrons. The van der Waals surface area contributed by atoms with Crippen LogP contribution in [0, 0.1) is 10.1 Å². The van der Waals surface area contributed by atoms with E-state index >= 15 is 0 Å². The monoisotopic (exact) mass is 390 g/mol. The van der Waals surface area contributed by atoms with E-state index in [2.05, 4.69) is 4.72 Å². The highest BCUT2D eigenvalue weighted by Gasteiger charge is 2.20. The van der Waals surface area contributed by atoms with Gasteiger partial charge in [-0.2, -0.15) is 0 Å². The number of alkyl halides is 1. The van der Waals surface area contributed by atoms with Crippen molar-refractivity contribution in [3.8, 4) is 0 Å². The first-order chi connectivity index (χ1) is 7.88. The van der Waals surface area contributed by atoms with Crippen molar-refractivity contribution in [3.63, 3.8) is 0 Å². The maximum absolute atomic E-state index is 11.8. The van der Waals surface area contributed by atoms with Gasteiger partial charge < -0.3 is 0 Å². The zero-order valence-electron chi connectivity index (χ0n) is 8.39. The number of rotatable bonds is 5. The van der Waals surface area contributed by atoms with Crippen molar-refractivity contribution in [1.82, 2.24) is 4.72 Å². The molecule has 0 spiro atoms. The van der Waals surface area contributed by atoms with E-state index in [4.69, 9.17) is 11.6 Å². The smallest absolute Gasteiger partial charge is 0.258 e. The van der Waals surface area contributed by atoms with E-state index in [1.54, 1.807) is 0 Å². The van der Waals surface area contributed by atoms with Gasteiger partial charge >= 0.3 is 0 Å². The van der Waals surface area contributed by atoms with Gasteiger partial charge in [0.2, 0.25) is 10.0 Å². The Balaban J connectivity index is 3.20.